The average molecular weight is 387 g/mol. The van der Waals surface area contributed by atoms with Gasteiger partial charge in [-0.05, 0) is 46.6 Å². The number of benzene rings is 2. The van der Waals surface area contributed by atoms with Crippen molar-refractivity contribution in [2.75, 3.05) is 26.2 Å². The van der Waals surface area contributed by atoms with Crippen molar-refractivity contribution in [3.63, 3.8) is 0 Å². The molecule has 1 fully saturated rings. The van der Waals surface area contributed by atoms with E-state index < -0.39 is 0 Å². The minimum absolute atomic E-state index is 0.0106. The molecule has 0 aromatic heterocycles. The van der Waals surface area contributed by atoms with Crippen LogP contribution in [0.5, 0.6) is 0 Å². The molecule has 0 spiro atoms. The number of amides is 2. The van der Waals surface area contributed by atoms with E-state index in [1.807, 2.05) is 64.4 Å². The lowest BCUT2D eigenvalue weighted by Gasteiger charge is -2.22. The molecule has 0 N–H and O–H groups in total. The molecule has 4 nitrogen and oxygen atoms in total. The second-order valence-electron chi connectivity index (χ2n) is 5.78. The van der Waals surface area contributed by atoms with Gasteiger partial charge in [-0.15, -0.1) is 0 Å². The molecule has 1 saturated heterocycles. The molecule has 2 amide bonds. The zero-order valence-electron chi connectivity index (χ0n) is 13.3. The van der Waals surface area contributed by atoms with E-state index >= 15 is 0 Å². The van der Waals surface area contributed by atoms with Crippen molar-refractivity contribution in [3.8, 4) is 0 Å². The number of hydrogen-bond acceptors (Lipinski definition) is 2. The Balaban J connectivity index is 1.68. The molecular weight excluding hydrogens is 368 g/mol. The predicted molar refractivity (Wildman–Crippen MR) is 97.0 cm³/mol. The number of carbonyl (C=O) groups excluding carboxylic acids is 2. The number of halogens is 1. The molecular formula is C19H19BrN2O2. The molecule has 24 heavy (non-hydrogen) atoms. The summed E-state index contributed by atoms with van der Waals surface area (Å²) in [6.07, 6.45) is 0.786. The van der Waals surface area contributed by atoms with E-state index in [2.05, 4.69) is 15.9 Å². The first-order chi connectivity index (χ1) is 11.7. The summed E-state index contributed by atoms with van der Waals surface area (Å²) in [6, 6.07) is 16.7. The van der Waals surface area contributed by atoms with Gasteiger partial charge in [-0.3, -0.25) is 9.59 Å². The van der Waals surface area contributed by atoms with Crippen molar-refractivity contribution in [2.45, 2.75) is 6.42 Å². The molecule has 1 heterocycles. The summed E-state index contributed by atoms with van der Waals surface area (Å²) in [5.74, 6) is 0.0438. The Morgan fingerprint density at radius 3 is 2.00 bits per heavy atom. The molecule has 3 rings (SSSR count). The number of carbonyl (C=O) groups is 2. The van der Waals surface area contributed by atoms with Crippen molar-refractivity contribution in [3.05, 3.63) is 70.2 Å². The third-order valence-electron chi connectivity index (χ3n) is 4.20. The monoisotopic (exact) mass is 386 g/mol. The quantitative estimate of drug-likeness (QED) is 0.792. The van der Waals surface area contributed by atoms with Crippen LogP contribution >= 0.6 is 15.9 Å². The summed E-state index contributed by atoms with van der Waals surface area (Å²) >= 11 is 3.44. The fourth-order valence-corrected chi connectivity index (χ4v) is 3.35. The molecule has 0 radical (unpaired) electrons. The molecule has 1 aliphatic rings. The summed E-state index contributed by atoms with van der Waals surface area (Å²) in [6.45, 7) is 2.45. The van der Waals surface area contributed by atoms with Crippen molar-refractivity contribution in [1.82, 2.24) is 9.80 Å². The van der Waals surface area contributed by atoms with Crippen LogP contribution in [0.15, 0.2) is 59.1 Å². The summed E-state index contributed by atoms with van der Waals surface area (Å²) in [5, 5.41) is 0. The topological polar surface area (TPSA) is 40.6 Å². The van der Waals surface area contributed by atoms with Crippen LogP contribution in [0.25, 0.3) is 0 Å². The molecule has 1 aliphatic heterocycles. The maximum absolute atomic E-state index is 12.7. The largest absolute Gasteiger partial charge is 0.337 e. The van der Waals surface area contributed by atoms with E-state index in [0.29, 0.717) is 37.3 Å². The minimum atomic E-state index is 0.0106. The fourth-order valence-electron chi connectivity index (χ4n) is 2.89. The highest BCUT2D eigenvalue weighted by Crippen LogP contribution is 2.19. The first kappa shape index (κ1) is 16.7. The van der Waals surface area contributed by atoms with Crippen LogP contribution < -0.4 is 0 Å². The third-order valence-corrected chi connectivity index (χ3v) is 4.89. The van der Waals surface area contributed by atoms with E-state index in [1.165, 1.54) is 0 Å². The van der Waals surface area contributed by atoms with Gasteiger partial charge in [0.15, 0.2) is 0 Å². The highest BCUT2D eigenvalue weighted by Gasteiger charge is 2.24. The Morgan fingerprint density at radius 1 is 0.750 bits per heavy atom. The van der Waals surface area contributed by atoms with E-state index in [4.69, 9.17) is 0 Å². The third kappa shape index (κ3) is 3.67. The van der Waals surface area contributed by atoms with Crippen molar-refractivity contribution in [2.24, 2.45) is 0 Å². The van der Waals surface area contributed by atoms with Gasteiger partial charge in [-0.1, -0.05) is 30.3 Å². The van der Waals surface area contributed by atoms with Crippen LogP contribution in [0.1, 0.15) is 27.1 Å². The predicted octanol–water partition coefficient (Wildman–Crippen LogP) is 3.44. The van der Waals surface area contributed by atoms with Gasteiger partial charge >= 0.3 is 0 Å². The molecule has 0 atom stereocenters. The molecule has 0 aliphatic carbocycles. The van der Waals surface area contributed by atoms with Gasteiger partial charge in [0.2, 0.25) is 0 Å². The van der Waals surface area contributed by atoms with Crippen LogP contribution in [0, 0.1) is 0 Å². The fraction of sp³-hybridized carbons (Fsp3) is 0.263. The zero-order chi connectivity index (χ0) is 16.9. The summed E-state index contributed by atoms with van der Waals surface area (Å²) in [7, 11) is 0. The second-order valence-corrected chi connectivity index (χ2v) is 6.64. The number of hydrogen-bond donors (Lipinski definition) is 0. The number of rotatable bonds is 2. The summed E-state index contributed by atoms with van der Waals surface area (Å²) in [4.78, 5) is 28.9. The Labute approximate surface area is 150 Å². The van der Waals surface area contributed by atoms with Gasteiger partial charge in [0.05, 0.1) is 5.56 Å². The first-order valence-electron chi connectivity index (χ1n) is 8.05. The van der Waals surface area contributed by atoms with Gasteiger partial charge in [0.1, 0.15) is 0 Å². The average Bonchev–Trinajstić information content (AvgIpc) is 2.88. The second kappa shape index (κ2) is 7.62. The van der Waals surface area contributed by atoms with Gasteiger partial charge in [-0.2, -0.15) is 0 Å². The molecule has 5 heteroatoms. The lowest BCUT2D eigenvalue weighted by molar-refractivity contribution is 0.0718. The molecule has 0 saturated carbocycles. The lowest BCUT2D eigenvalue weighted by Crippen LogP contribution is -2.37. The lowest BCUT2D eigenvalue weighted by atomic mass is 10.2. The normalized spacial score (nSPS) is 15.0. The molecule has 0 unspecified atom stereocenters. The maximum Gasteiger partial charge on any atom is 0.255 e. The van der Waals surface area contributed by atoms with Gasteiger partial charge in [-0.25, -0.2) is 0 Å². The van der Waals surface area contributed by atoms with Crippen LogP contribution in [0.2, 0.25) is 0 Å². The molecule has 0 bridgehead atoms. The Bertz CT molecular complexity index is 733. The van der Waals surface area contributed by atoms with Gasteiger partial charge < -0.3 is 9.80 Å². The number of nitrogens with zero attached hydrogens (tertiary/aromatic N) is 2. The highest BCUT2D eigenvalue weighted by molar-refractivity contribution is 9.10. The Morgan fingerprint density at radius 2 is 1.33 bits per heavy atom. The zero-order valence-corrected chi connectivity index (χ0v) is 14.9. The Kier molecular flexibility index (Phi) is 5.30. The summed E-state index contributed by atoms with van der Waals surface area (Å²) < 4.78 is 0.802. The van der Waals surface area contributed by atoms with Crippen LogP contribution in [-0.2, 0) is 0 Å². The minimum Gasteiger partial charge on any atom is -0.337 e. The molecule has 2 aromatic rings. The van der Waals surface area contributed by atoms with Crippen LogP contribution in [-0.4, -0.2) is 47.8 Å². The first-order valence-corrected chi connectivity index (χ1v) is 8.84. The van der Waals surface area contributed by atoms with E-state index in [9.17, 15) is 9.59 Å². The smallest absolute Gasteiger partial charge is 0.255 e. The standard InChI is InChI=1S/C19H19BrN2O2/c20-17-10-5-4-9-16(17)19(24)22-12-6-11-21(13-14-22)18(23)15-7-2-1-3-8-15/h1-5,7-10H,6,11-14H2. The highest BCUT2D eigenvalue weighted by atomic mass is 79.9. The van der Waals surface area contributed by atoms with Crippen molar-refractivity contribution < 1.29 is 9.59 Å². The van der Waals surface area contributed by atoms with Gasteiger partial charge in [0, 0.05) is 36.2 Å². The molecule has 2 aromatic carbocycles. The van der Waals surface area contributed by atoms with E-state index in [1.54, 1.807) is 0 Å². The van der Waals surface area contributed by atoms with E-state index in [-0.39, 0.29) is 11.8 Å². The van der Waals surface area contributed by atoms with Gasteiger partial charge in [0.25, 0.3) is 11.8 Å². The maximum atomic E-state index is 12.7. The molecule has 124 valence electrons. The van der Waals surface area contributed by atoms with E-state index in [0.717, 1.165) is 10.9 Å². The van der Waals surface area contributed by atoms with Crippen molar-refractivity contribution >= 4 is 27.7 Å². The van der Waals surface area contributed by atoms with Crippen LogP contribution in [0.4, 0.5) is 0 Å². The van der Waals surface area contributed by atoms with Crippen LogP contribution in [0.3, 0.4) is 0 Å². The van der Waals surface area contributed by atoms with Crippen molar-refractivity contribution in [1.29, 1.82) is 0 Å². The SMILES string of the molecule is O=C(c1ccccc1)N1CCCN(C(=O)c2ccccc2Br)CC1. The summed E-state index contributed by atoms with van der Waals surface area (Å²) in [5.41, 5.74) is 1.36. The Hall–Kier alpha value is -2.14.